The number of carbonyl (C=O) groups excluding carboxylic acids is 1. The van der Waals surface area contributed by atoms with E-state index in [4.69, 9.17) is 5.11 Å². The van der Waals surface area contributed by atoms with Gasteiger partial charge < -0.3 is 10.4 Å². The minimum atomic E-state index is -0.989. The number of aromatic nitrogens is 2. The van der Waals surface area contributed by atoms with Crippen LogP contribution < -0.4 is 10.6 Å². The lowest BCUT2D eigenvalue weighted by atomic mass is 10.3. The molecule has 0 aliphatic rings. The van der Waals surface area contributed by atoms with Crippen LogP contribution in [0.3, 0.4) is 0 Å². The minimum Gasteiger partial charge on any atom is -0.480 e. The topological polar surface area (TPSA) is 96.3 Å². The Balaban J connectivity index is 2.57. The van der Waals surface area contributed by atoms with Crippen molar-refractivity contribution >= 4 is 17.6 Å². The number of hydrogen-bond donors (Lipinski definition) is 3. The molecule has 0 aliphatic carbocycles. The minimum absolute atomic E-state index is 0.0543. The lowest BCUT2D eigenvalue weighted by Gasteiger charge is -2.09. The Morgan fingerprint density at radius 1 is 1.44 bits per heavy atom. The molecule has 18 heavy (non-hydrogen) atoms. The number of nitrogens with one attached hydrogen (secondary N) is 2. The van der Waals surface area contributed by atoms with Crippen LogP contribution in [0, 0.1) is 13.8 Å². The van der Waals surface area contributed by atoms with Gasteiger partial charge >= 0.3 is 5.97 Å². The summed E-state index contributed by atoms with van der Waals surface area (Å²) < 4.78 is 1.68. The zero-order chi connectivity index (χ0) is 13.9. The van der Waals surface area contributed by atoms with E-state index < -0.39 is 12.0 Å². The molecule has 1 atom stereocenters. The Kier molecular flexibility index (Phi) is 4.43. The van der Waals surface area contributed by atoms with Gasteiger partial charge in [-0.15, -0.1) is 0 Å². The third-order valence-corrected chi connectivity index (χ3v) is 2.71. The molecular formula is C11H18N4O3. The van der Waals surface area contributed by atoms with Gasteiger partial charge in [-0.1, -0.05) is 0 Å². The van der Waals surface area contributed by atoms with Crippen molar-refractivity contribution in [2.24, 2.45) is 7.05 Å². The number of aryl methyl sites for hydroxylation is 2. The highest BCUT2D eigenvalue weighted by atomic mass is 16.4. The van der Waals surface area contributed by atoms with Gasteiger partial charge in [-0.2, -0.15) is 5.10 Å². The van der Waals surface area contributed by atoms with Crippen LogP contribution in [0.1, 0.15) is 18.3 Å². The maximum Gasteiger partial charge on any atom is 0.320 e. The van der Waals surface area contributed by atoms with E-state index in [1.165, 1.54) is 6.92 Å². The normalized spacial score (nSPS) is 12.2. The van der Waals surface area contributed by atoms with E-state index in [1.807, 2.05) is 6.92 Å². The van der Waals surface area contributed by atoms with Crippen LogP contribution in [-0.4, -0.2) is 39.4 Å². The molecule has 1 aromatic rings. The standard InChI is InChI=1S/C11H18N4O3/c1-6-10(8(3)15(4)14-6)13-9(16)5-12-7(2)11(17)18/h7,12H,5H2,1-4H3,(H,13,16)(H,17,18)/t7-/m0/s1. The second-order valence-corrected chi connectivity index (χ2v) is 4.16. The molecule has 100 valence electrons. The van der Waals surface area contributed by atoms with Crippen molar-refractivity contribution in [3.63, 3.8) is 0 Å². The highest BCUT2D eigenvalue weighted by Crippen LogP contribution is 2.17. The molecule has 0 fully saturated rings. The van der Waals surface area contributed by atoms with Crippen molar-refractivity contribution in [3.05, 3.63) is 11.4 Å². The number of amides is 1. The lowest BCUT2D eigenvalue weighted by molar-refractivity contribution is -0.139. The van der Waals surface area contributed by atoms with Crippen molar-refractivity contribution < 1.29 is 14.7 Å². The van der Waals surface area contributed by atoms with Crippen molar-refractivity contribution in [1.29, 1.82) is 0 Å². The van der Waals surface area contributed by atoms with Crippen molar-refractivity contribution in [2.75, 3.05) is 11.9 Å². The predicted octanol–water partition coefficient (Wildman–Crippen LogP) is 0.0381. The zero-order valence-electron chi connectivity index (χ0n) is 10.9. The monoisotopic (exact) mass is 254 g/mol. The maximum atomic E-state index is 11.6. The molecular weight excluding hydrogens is 236 g/mol. The van der Waals surface area contributed by atoms with E-state index in [-0.39, 0.29) is 12.5 Å². The SMILES string of the molecule is Cc1nn(C)c(C)c1NC(=O)CN[C@@H](C)C(=O)O. The molecule has 0 bridgehead atoms. The molecule has 0 unspecified atom stereocenters. The number of hydrogen-bond acceptors (Lipinski definition) is 4. The molecule has 1 amide bonds. The van der Waals surface area contributed by atoms with Gasteiger partial charge in [-0.25, -0.2) is 0 Å². The van der Waals surface area contributed by atoms with Gasteiger partial charge in [0.1, 0.15) is 6.04 Å². The number of carbonyl (C=O) groups is 2. The number of anilines is 1. The Bertz CT molecular complexity index is 467. The van der Waals surface area contributed by atoms with Crippen LogP contribution in [0.4, 0.5) is 5.69 Å². The van der Waals surface area contributed by atoms with E-state index >= 15 is 0 Å². The first kappa shape index (κ1) is 14.2. The summed E-state index contributed by atoms with van der Waals surface area (Å²) in [5, 5.41) is 18.2. The summed E-state index contributed by atoms with van der Waals surface area (Å²) in [5.41, 5.74) is 2.26. The highest BCUT2D eigenvalue weighted by Gasteiger charge is 2.15. The molecule has 3 N–H and O–H groups in total. The summed E-state index contributed by atoms with van der Waals surface area (Å²) in [5.74, 6) is -1.28. The third kappa shape index (κ3) is 3.30. The zero-order valence-corrected chi connectivity index (χ0v) is 10.9. The van der Waals surface area contributed by atoms with Crippen molar-refractivity contribution in [3.8, 4) is 0 Å². The van der Waals surface area contributed by atoms with E-state index in [0.29, 0.717) is 5.69 Å². The van der Waals surface area contributed by atoms with E-state index in [1.54, 1.807) is 18.7 Å². The second kappa shape index (κ2) is 5.63. The molecule has 0 aliphatic heterocycles. The molecule has 7 heteroatoms. The van der Waals surface area contributed by atoms with Crippen LogP contribution in [-0.2, 0) is 16.6 Å². The summed E-state index contributed by atoms with van der Waals surface area (Å²) in [6.07, 6.45) is 0. The van der Waals surface area contributed by atoms with Gasteiger partial charge in [-0.05, 0) is 20.8 Å². The fourth-order valence-electron chi connectivity index (χ4n) is 1.47. The third-order valence-electron chi connectivity index (χ3n) is 2.71. The smallest absolute Gasteiger partial charge is 0.320 e. The Hall–Kier alpha value is -1.89. The predicted molar refractivity (Wildman–Crippen MR) is 66.4 cm³/mol. The molecule has 7 nitrogen and oxygen atoms in total. The molecule has 1 heterocycles. The van der Waals surface area contributed by atoms with Crippen molar-refractivity contribution in [1.82, 2.24) is 15.1 Å². The van der Waals surface area contributed by atoms with Gasteiger partial charge in [-0.3, -0.25) is 19.6 Å². The lowest BCUT2D eigenvalue weighted by Crippen LogP contribution is -2.39. The Morgan fingerprint density at radius 2 is 2.06 bits per heavy atom. The Morgan fingerprint density at radius 3 is 2.50 bits per heavy atom. The Labute approximate surface area is 105 Å². The average molecular weight is 254 g/mol. The van der Waals surface area contributed by atoms with E-state index in [2.05, 4.69) is 15.7 Å². The van der Waals surface area contributed by atoms with Crippen LogP contribution >= 0.6 is 0 Å². The summed E-state index contributed by atoms with van der Waals surface area (Å²) in [6, 6.07) is -0.758. The second-order valence-electron chi connectivity index (χ2n) is 4.16. The quantitative estimate of drug-likeness (QED) is 0.689. The fraction of sp³-hybridized carbons (Fsp3) is 0.545. The fourth-order valence-corrected chi connectivity index (χ4v) is 1.47. The average Bonchev–Trinajstić information content (AvgIpc) is 2.52. The van der Waals surface area contributed by atoms with Crippen LogP contribution in [0.25, 0.3) is 0 Å². The number of nitrogens with zero attached hydrogens (tertiary/aromatic N) is 2. The molecule has 0 radical (unpaired) electrons. The molecule has 0 saturated carbocycles. The summed E-state index contributed by atoms with van der Waals surface area (Å²) in [4.78, 5) is 22.2. The molecule has 1 rings (SSSR count). The first-order valence-corrected chi connectivity index (χ1v) is 5.59. The summed E-state index contributed by atoms with van der Waals surface area (Å²) >= 11 is 0. The van der Waals surface area contributed by atoms with Gasteiger partial charge in [0, 0.05) is 7.05 Å². The van der Waals surface area contributed by atoms with Gasteiger partial charge in [0.2, 0.25) is 5.91 Å². The highest BCUT2D eigenvalue weighted by molar-refractivity contribution is 5.93. The number of rotatable bonds is 5. The van der Waals surface area contributed by atoms with E-state index in [9.17, 15) is 9.59 Å². The summed E-state index contributed by atoms with van der Waals surface area (Å²) in [6.45, 7) is 5.08. The molecule has 0 aromatic carbocycles. The molecule has 1 aromatic heterocycles. The maximum absolute atomic E-state index is 11.6. The molecule has 0 spiro atoms. The largest absolute Gasteiger partial charge is 0.480 e. The van der Waals surface area contributed by atoms with Gasteiger partial charge in [0.15, 0.2) is 0 Å². The first-order chi connectivity index (χ1) is 8.32. The van der Waals surface area contributed by atoms with Crippen LogP contribution in [0.2, 0.25) is 0 Å². The first-order valence-electron chi connectivity index (χ1n) is 5.59. The van der Waals surface area contributed by atoms with Crippen molar-refractivity contribution in [2.45, 2.75) is 26.8 Å². The van der Waals surface area contributed by atoms with Crippen LogP contribution in [0.5, 0.6) is 0 Å². The van der Waals surface area contributed by atoms with Crippen LogP contribution in [0.15, 0.2) is 0 Å². The number of carboxylic acids is 1. The summed E-state index contributed by atoms with van der Waals surface area (Å²) in [7, 11) is 1.79. The van der Waals surface area contributed by atoms with Gasteiger partial charge in [0.25, 0.3) is 0 Å². The van der Waals surface area contributed by atoms with E-state index in [0.717, 1.165) is 11.4 Å². The number of aliphatic carboxylic acids is 1. The number of carboxylic acid groups (broad SMARTS) is 1. The molecule has 0 saturated heterocycles. The van der Waals surface area contributed by atoms with Gasteiger partial charge in [0.05, 0.1) is 23.6 Å².